The molecule has 0 aliphatic heterocycles. The minimum atomic E-state index is -0.125. The van der Waals surface area contributed by atoms with Crippen LogP contribution in [-0.4, -0.2) is 23.4 Å². The van der Waals surface area contributed by atoms with Gasteiger partial charge < -0.3 is 10.2 Å². The van der Waals surface area contributed by atoms with Crippen molar-refractivity contribution in [1.82, 2.24) is 0 Å². The maximum Gasteiger partial charge on any atom is 0.0662 e. The number of hydrogen-bond acceptors (Lipinski definition) is 2. The third-order valence-corrected chi connectivity index (χ3v) is 0.624. The fourth-order valence-electron chi connectivity index (χ4n) is 0.0833. The van der Waals surface area contributed by atoms with Crippen LogP contribution >= 0.6 is 0 Å². The molecule has 0 atom stereocenters. The van der Waals surface area contributed by atoms with Crippen molar-refractivity contribution in [3.63, 3.8) is 0 Å². The van der Waals surface area contributed by atoms with Gasteiger partial charge in [-0.3, -0.25) is 0 Å². The summed E-state index contributed by atoms with van der Waals surface area (Å²) in [7, 11) is 0. The molecule has 0 rings (SSSR count). The molecule has 0 heterocycles. The normalized spacial score (nSPS) is 7.00. The highest BCUT2D eigenvalue weighted by atomic mass is 16.3. The Labute approximate surface area is 61.8 Å². The molecule has 0 aliphatic rings. The van der Waals surface area contributed by atoms with Gasteiger partial charge in [0.2, 0.25) is 0 Å². The standard InChI is InChI=1S/C6H8.C2H6O2/c1-4-6(3)5-2;3-1-2-4/h4-5H,1-3H2;3-4H,1-2H2. The van der Waals surface area contributed by atoms with Crippen LogP contribution in [-0.2, 0) is 0 Å². The maximum atomic E-state index is 7.62. The predicted octanol–water partition coefficient (Wildman–Crippen LogP) is 0.886. The van der Waals surface area contributed by atoms with E-state index in [1.165, 1.54) is 0 Å². The van der Waals surface area contributed by atoms with Gasteiger partial charge in [0.1, 0.15) is 0 Å². The molecule has 0 bridgehead atoms. The van der Waals surface area contributed by atoms with E-state index in [4.69, 9.17) is 10.2 Å². The quantitative estimate of drug-likeness (QED) is 0.574. The van der Waals surface area contributed by atoms with Crippen LogP contribution in [0.5, 0.6) is 0 Å². The molecular formula is C8H14O2. The van der Waals surface area contributed by atoms with Crippen LogP contribution in [0.3, 0.4) is 0 Å². The first-order valence-corrected chi connectivity index (χ1v) is 2.88. The van der Waals surface area contributed by atoms with E-state index in [-0.39, 0.29) is 13.2 Å². The van der Waals surface area contributed by atoms with Gasteiger partial charge in [-0.05, 0) is 5.57 Å². The Morgan fingerprint density at radius 3 is 1.40 bits per heavy atom. The summed E-state index contributed by atoms with van der Waals surface area (Å²) >= 11 is 0. The van der Waals surface area contributed by atoms with Crippen LogP contribution in [0.15, 0.2) is 37.5 Å². The summed E-state index contributed by atoms with van der Waals surface area (Å²) in [6, 6.07) is 0. The number of rotatable bonds is 3. The Balaban J connectivity index is 0. The SMILES string of the molecule is C=CC(=C)C=C.OCCO. The van der Waals surface area contributed by atoms with Gasteiger partial charge in [-0.15, -0.1) is 0 Å². The number of hydrogen-bond donors (Lipinski definition) is 2. The van der Waals surface area contributed by atoms with Crippen LogP contribution in [0, 0.1) is 0 Å². The number of aliphatic hydroxyl groups excluding tert-OH is 2. The summed E-state index contributed by atoms with van der Waals surface area (Å²) in [5.41, 5.74) is 0.870. The first kappa shape index (κ1) is 11.9. The summed E-state index contributed by atoms with van der Waals surface area (Å²) in [4.78, 5) is 0. The molecule has 0 amide bonds. The van der Waals surface area contributed by atoms with Crippen molar-refractivity contribution in [3.8, 4) is 0 Å². The van der Waals surface area contributed by atoms with Crippen LogP contribution < -0.4 is 0 Å². The fraction of sp³-hybridized carbons (Fsp3) is 0.250. The Bertz CT molecular complexity index is 93.8. The molecule has 0 aromatic heterocycles. The largest absolute Gasteiger partial charge is 0.394 e. The smallest absolute Gasteiger partial charge is 0.0662 e. The van der Waals surface area contributed by atoms with Gasteiger partial charge in [0, 0.05) is 0 Å². The molecule has 0 aromatic carbocycles. The summed E-state index contributed by atoms with van der Waals surface area (Å²) in [6.07, 6.45) is 3.32. The molecule has 0 radical (unpaired) electrons. The second kappa shape index (κ2) is 11.0. The highest BCUT2D eigenvalue weighted by Gasteiger charge is 1.65. The number of aliphatic hydroxyl groups is 2. The summed E-state index contributed by atoms with van der Waals surface area (Å²) in [5.74, 6) is 0. The van der Waals surface area contributed by atoms with E-state index >= 15 is 0 Å². The van der Waals surface area contributed by atoms with Gasteiger partial charge >= 0.3 is 0 Å². The predicted molar refractivity (Wildman–Crippen MR) is 43.7 cm³/mol. The molecule has 58 valence electrons. The zero-order valence-electron chi connectivity index (χ0n) is 6.08. The summed E-state index contributed by atoms with van der Waals surface area (Å²) in [5, 5.41) is 15.2. The Kier molecular flexibility index (Phi) is 13.1. The van der Waals surface area contributed by atoms with Crippen LogP contribution in [0.2, 0.25) is 0 Å². The average molecular weight is 142 g/mol. The van der Waals surface area contributed by atoms with E-state index in [1.54, 1.807) is 12.2 Å². The average Bonchev–Trinajstić information content (AvgIpc) is 2.03. The van der Waals surface area contributed by atoms with Crippen molar-refractivity contribution in [1.29, 1.82) is 0 Å². The van der Waals surface area contributed by atoms with E-state index in [9.17, 15) is 0 Å². The lowest BCUT2D eigenvalue weighted by Gasteiger charge is -1.76. The molecule has 0 saturated carbocycles. The van der Waals surface area contributed by atoms with Crippen LogP contribution in [0.1, 0.15) is 0 Å². The topological polar surface area (TPSA) is 40.5 Å². The third kappa shape index (κ3) is 15.7. The van der Waals surface area contributed by atoms with E-state index < -0.39 is 0 Å². The maximum absolute atomic E-state index is 7.62. The van der Waals surface area contributed by atoms with Crippen molar-refractivity contribution >= 4 is 0 Å². The molecule has 0 aromatic rings. The zero-order chi connectivity index (χ0) is 8.41. The van der Waals surface area contributed by atoms with Crippen molar-refractivity contribution in [3.05, 3.63) is 37.5 Å². The van der Waals surface area contributed by atoms with Gasteiger partial charge in [0.05, 0.1) is 13.2 Å². The highest BCUT2D eigenvalue weighted by Crippen LogP contribution is 1.86. The molecule has 0 spiro atoms. The van der Waals surface area contributed by atoms with Crippen molar-refractivity contribution < 1.29 is 10.2 Å². The lowest BCUT2D eigenvalue weighted by molar-refractivity contribution is 0.186. The van der Waals surface area contributed by atoms with E-state index in [0.717, 1.165) is 5.57 Å². The molecule has 0 unspecified atom stereocenters. The van der Waals surface area contributed by atoms with E-state index in [0.29, 0.717) is 0 Å². The molecular weight excluding hydrogens is 128 g/mol. The first-order chi connectivity index (χ1) is 4.72. The Morgan fingerprint density at radius 2 is 1.40 bits per heavy atom. The van der Waals surface area contributed by atoms with Gasteiger partial charge in [0.15, 0.2) is 0 Å². The van der Waals surface area contributed by atoms with Gasteiger partial charge in [-0.25, -0.2) is 0 Å². The monoisotopic (exact) mass is 142 g/mol. The third-order valence-electron chi connectivity index (χ3n) is 0.624. The first-order valence-electron chi connectivity index (χ1n) is 2.88. The van der Waals surface area contributed by atoms with Gasteiger partial charge in [-0.2, -0.15) is 0 Å². The van der Waals surface area contributed by atoms with E-state index in [1.807, 2.05) is 0 Å². The Morgan fingerprint density at radius 1 is 1.10 bits per heavy atom. The molecule has 10 heavy (non-hydrogen) atoms. The molecule has 0 fully saturated rings. The molecule has 0 aliphatic carbocycles. The lowest BCUT2D eigenvalue weighted by Crippen LogP contribution is -1.85. The molecule has 2 heteroatoms. The van der Waals surface area contributed by atoms with Crippen molar-refractivity contribution in [2.24, 2.45) is 0 Å². The second-order valence-corrected chi connectivity index (χ2v) is 1.43. The van der Waals surface area contributed by atoms with Crippen molar-refractivity contribution in [2.45, 2.75) is 0 Å². The van der Waals surface area contributed by atoms with Gasteiger partial charge in [0.25, 0.3) is 0 Å². The number of allylic oxidation sites excluding steroid dienone is 3. The van der Waals surface area contributed by atoms with Crippen LogP contribution in [0.4, 0.5) is 0 Å². The van der Waals surface area contributed by atoms with Crippen LogP contribution in [0.25, 0.3) is 0 Å². The molecule has 0 saturated heterocycles. The van der Waals surface area contributed by atoms with Crippen molar-refractivity contribution in [2.75, 3.05) is 13.2 Å². The molecule has 2 nitrogen and oxygen atoms in total. The molecule has 2 N–H and O–H groups in total. The fourth-order valence-corrected chi connectivity index (χ4v) is 0.0833. The van der Waals surface area contributed by atoms with Gasteiger partial charge in [-0.1, -0.05) is 31.9 Å². The summed E-state index contributed by atoms with van der Waals surface area (Å²) in [6.45, 7) is 10.2. The van der Waals surface area contributed by atoms with E-state index in [2.05, 4.69) is 19.7 Å². The second-order valence-electron chi connectivity index (χ2n) is 1.43. The Hall–Kier alpha value is -0.860. The highest BCUT2D eigenvalue weighted by molar-refractivity contribution is 5.22. The minimum absolute atomic E-state index is 0.125. The lowest BCUT2D eigenvalue weighted by atomic mass is 10.3. The summed E-state index contributed by atoms with van der Waals surface area (Å²) < 4.78 is 0. The zero-order valence-corrected chi connectivity index (χ0v) is 6.08. The minimum Gasteiger partial charge on any atom is -0.394 e.